The minimum Gasteiger partial charge on any atom is -0.359 e. The zero-order chi connectivity index (χ0) is 48.7. The molecule has 0 fully saturated rings. The zero-order valence-electron chi connectivity index (χ0n) is 48.5. The second-order valence-corrected chi connectivity index (χ2v) is 34.0. The van der Waals surface area contributed by atoms with E-state index in [-0.39, 0.29) is 0 Å². The van der Waals surface area contributed by atoms with Gasteiger partial charge in [0.2, 0.25) is 0 Å². The van der Waals surface area contributed by atoms with Crippen LogP contribution >= 0.6 is 0 Å². The number of rotatable bonds is 60. The van der Waals surface area contributed by atoms with Crippen LogP contribution in [0.3, 0.4) is 0 Å². The van der Waals surface area contributed by atoms with Crippen molar-refractivity contribution < 1.29 is 0 Å². The molecule has 0 radical (unpaired) electrons. The van der Waals surface area contributed by atoms with Crippen molar-refractivity contribution in [2.45, 2.75) is 412 Å². The zero-order valence-corrected chi connectivity index (χ0v) is 50.5. The third-order valence-corrected chi connectivity index (χ3v) is 24.6. The molecule has 0 rings (SSSR count). The van der Waals surface area contributed by atoms with Gasteiger partial charge in [-0.15, -0.1) is 0 Å². The number of unbranched alkanes of at least 4 members (excludes halogenated alkanes) is 54. The molecule has 0 heterocycles. The lowest BCUT2D eigenvalue weighted by Gasteiger charge is -2.35. The molecule has 0 atom stereocenters. The summed E-state index contributed by atoms with van der Waals surface area (Å²) in [6, 6.07) is 2.98. The number of nitrogens with one attached hydrogen (secondary N) is 1. The fourth-order valence-corrected chi connectivity index (χ4v) is 22.1. The first kappa shape index (κ1) is 67.4. The Balaban J connectivity index is 3.38. The van der Waals surface area contributed by atoms with Gasteiger partial charge in [0.15, 0.2) is 0 Å². The molecule has 0 amide bonds. The molecule has 3 heteroatoms. The van der Waals surface area contributed by atoms with Crippen molar-refractivity contribution in [3.05, 3.63) is 0 Å². The van der Waals surface area contributed by atoms with E-state index in [0.29, 0.717) is 0 Å². The third-order valence-electron chi connectivity index (χ3n) is 16.0. The van der Waals surface area contributed by atoms with E-state index < -0.39 is 16.5 Å². The molecule has 0 saturated heterocycles. The molecule has 0 bridgehead atoms. The molecule has 0 aliphatic heterocycles. The summed E-state index contributed by atoms with van der Waals surface area (Å²) >= 11 is 0. The predicted octanol–water partition coefficient (Wildman–Crippen LogP) is 24.9. The summed E-state index contributed by atoms with van der Waals surface area (Å²) in [5.74, 6) is 0. The van der Waals surface area contributed by atoms with Crippen LogP contribution in [0.25, 0.3) is 0 Å². The minimum atomic E-state index is -1.27. The van der Waals surface area contributed by atoms with E-state index in [1.807, 2.05) is 0 Å². The Bertz CT molecular complexity index is 816. The maximum Gasteiger partial charge on any atom is 0.112 e. The summed E-state index contributed by atoms with van der Waals surface area (Å²) in [7, 11) is -2.54. The molecule has 0 aliphatic carbocycles. The Morgan fingerprint density at radius 3 is 0.388 bits per heavy atom. The molecule has 0 aliphatic rings. The van der Waals surface area contributed by atoms with E-state index in [4.69, 9.17) is 0 Å². The van der Waals surface area contributed by atoms with Crippen LogP contribution < -0.4 is 4.65 Å². The molecule has 0 aromatic heterocycles. The van der Waals surface area contributed by atoms with Crippen molar-refractivity contribution in [2.75, 3.05) is 0 Å². The van der Waals surface area contributed by atoms with Crippen LogP contribution in [0.4, 0.5) is 0 Å². The standard InChI is InChI=1S/C64H135NSi2/c1-7-9-11-13-15-17-19-21-23-25-27-29-31-33-35-37-39-41-43-45-47-49-51-53-55-57-59-61-63-66(3,4)65-67(5,6)64-62-60-58-56-54-52-50-48-46-44-42-40-38-36-34-32-30-28-26-24-22-20-18-16-14-12-10-8-2/h65H,7-64H2,1-6H3. The van der Waals surface area contributed by atoms with E-state index in [1.54, 1.807) is 0 Å². The molecule has 0 saturated carbocycles. The first-order valence-electron chi connectivity index (χ1n) is 32.6. The fraction of sp³-hybridized carbons (Fsp3) is 1.00. The van der Waals surface area contributed by atoms with Crippen LogP contribution in [0.2, 0.25) is 38.3 Å². The van der Waals surface area contributed by atoms with Gasteiger partial charge >= 0.3 is 0 Å². The van der Waals surface area contributed by atoms with Gasteiger partial charge in [-0.3, -0.25) is 0 Å². The van der Waals surface area contributed by atoms with Gasteiger partial charge in [0.25, 0.3) is 0 Å². The summed E-state index contributed by atoms with van der Waals surface area (Å²) in [6.45, 7) is 15.1. The highest BCUT2D eigenvalue weighted by molar-refractivity contribution is 6.91. The van der Waals surface area contributed by atoms with E-state index >= 15 is 0 Å². The first-order valence-corrected chi connectivity index (χ1v) is 39.0. The maximum absolute atomic E-state index is 4.35. The molecule has 67 heavy (non-hydrogen) atoms. The second kappa shape index (κ2) is 55.7. The highest BCUT2D eigenvalue weighted by Crippen LogP contribution is 2.22. The first-order chi connectivity index (χ1) is 32.8. The second-order valence-electron chi connectivity index (χ2n) is 24.5. The van der Waals surface area contributed by atoms with Crippen LogP contribution in [0, 0.1) is 0 Å². The molecule has 0 spiro atoms. The summed E-state index contributed by atoms with van der Waals surface area (Å²) in [5, 5.41) is 0. The molecular weight excluding hydrogens is 839 g/mol. The number of hydrogen-bond donors (Lipinski definition) is 1. The van der Waals surface area contributed by atoms with E-state index in [1.165, 1.54) is 372 Å². The van der Waals surface area contributed by atoms with Crippen molar-refractivity contribution in [2.24, 2.45) is 0 Å². The van der Waals surface area contributed by atoms with Gasteiger partial charge < -0.3 is 4.65 Å². The molecule has 0 aromatic rings. The monoisotopic (exact) mass is 974 g/mol. The van der Waals surface area contributed by atoms with Crippen molar-refractivity contribution in [3.63, 3.8) is 0 Å². The van der Waals surface area contributed by atoms with Crippen molar-refractivity contribution >= 4 is 16.5 Å². The lowest BCUT2D eigenvalue weighted by molar-refractivity contribution is 0.514. The van der Waals surface area contributed by atoms with Gasteiger partial charge in [0, 0.05) is 0 Å². The van der Waals surface area contributed by atoms with Gasteiger partial charge in [-0.1, -0.05) is 400 Å². The highest BCUT2D eigenvalue weighted by atomic mass is 28.4. The normalized spacial score (nSPS) is 12.3. The molecular formula is C64H135NSi2. The van der Waals surface area contributed by atoms with Crippen LogP contribution in [0.5, 0.6) is 0 Å². The highest BCUT2D eigenvalue weighted by Gasteiger charge is 2.30. The lowest BCUT2D eigenvalue weighted by atomic mass is 10.0. The summed E-state index contributed by atoms with van der Waals surface area (Å²) in [6.07, 6.45) is 83.0. The smallest absolute Gasteiger partial charge is 0.112 e. The average Bonchev–Trinajstić information content (AvgIpc) is 3.30. The Kier molecular flexibility index (Phi) is 56.0. The molecule has 0 aromatic carbocycles. The predicted molar refractivity (Wildman–Crippen MR) is 318 cm³/mol. The van der Waals surface area contributed by atoms with Gasteiger partial charge in [0.05, 0.1) is 0 Å². The van der Waals surface area contributed by atoms with Crippen LogP contribution in [0.15, 0.2) is 0 Å². The Morgan fingerprint density at radius 1 is 0.164 bits per heavy atom. The summed E-state index contributed by atoms with van der Waals surface area (Å²) < 4.78 is 4.35. The molecule has 1 nitrogen and oxygen atoms in total. The van der Waals surface area contributed by atoms with Crippen LogP contribution in [0.1, 0.15) is 373 Å². The van der Waals surface area contributed by atoms with E-state index in [2.05, 4.69) is 44.7 Å². The number of hydrogen-bond acceptors (Lipinski definition) is 1. The Morgan fingerprint density at radius 2 is 0.269 bits per heavy atom. The maximum atomic E-state index is 4.35. The Hall–Kier alpha value is 0.394. The minimum absolute atomic E-state index is 1.27. The fourth-order valence-electron chi connectivity index (χ4n) is 11.5. The summed E-state index contributed by atoms with van der Waals surface area (Å²) in [5.41, 5.74) is 0. The van der Waals surface area contributed by atoms with E-state index in [0.717, 1.165) is 0 Å². The van der Waals surface area contributed by atoms with E-state index in [9.17, 15) is 0 Å². The molecule has 404 valence electrons. The van der Waals surface area contributed by atoms with Crippen LogP contribution in [-0.4, -0.2) is 16.5 Å². The quantitative estimate of drug-likeness (QED) is 0.0473. The topological polar surface area (TPSA) is 12.0 Å². The van der Waals surface area contributed by atoms with Crippen molar-refractivity contribution in [3.8, 4) is 0 Å². The van der Waals surface area contributed by atoms with Gasteiger partial charge in [0.1, 0.15) is 16.5 Å². The third kappa shape index (κ3) is 58.9. The van der Waals surface area contributed by atoms with Gasteiger partial charge in [-0.25, -0.2) is 0 Å². The SMILES string of the molecule is CCCCCCCCCCCCCCCCCCCCCCCCCCCCCC[Si](C)(C)N[Si](C)(C)CCCCCCCCCCCCCCCCCCCCCCCCCCCCCC. The van der Waals surface area contributed by atoms with Crippen molar-refractivity contribution in [1.82, 2.24) is 4.65 Å². The van der Waals surface area contributed by atoms with Gasteiger partial charge in [-0.2, -0.15) is 0 Å². The largest absolute Gasteiger partial charge is 0.359 e. The van der Waals surface area contributed by atoms with Gasteiger partial charge in [-0.05, 0) is 12.1 Å². The summed E-state index contributed by atoms with van der Waals surface area (Å²) in [4.78, 5) is 0. The van der Waals surface area contributed by atoms with Crippen LogP contribution in [-0.2, 0) is 0 Å². The lowest BCUT2D eigenvalue weighted by Crippen LogP contribution is -2.58. The van der Waals surface area contributed by atoms with Crippen molar-refractivity contribution in [1.29, 1.82) is 0 Å². The Labute approximate surface area is 430 Å². The molecule has 1 N–H and O–H groups in total. The average molecular weight is 975 g/mol. The molecule has 0 unspecified atom stereocenters.